The topological polar surface area (TPSA) is 87.7 Å². The van der Waals surface area contributed by atoms with E-state index in [1.165, 1.54) is 4.90 Å². The highest BCUT2D eigenvalue weighted by Crippen LogP contribution is 2.25. The number of nitrogens with zero attached hydrogens (tertiary/aromatic N) is 1. The van der Waals surface area contributed by atoms with Crippen molar-refractivity contribution in [1.82, 2.24) is 15.5 Å². The van der Waals surface area contributed by atoms with Crippen LogP contribution in [0, 0.1) is 0 Å². The lowest BCUT2D eigenvalue weighted by Crippen LogP contribution is -2.69. The molecule has 2 aliphatic heterocycles. The number of hydrogen-bond acceptors (Lipinski definition) is 4. The Bertz CT molecular complexity index is 457. The third kappa shape index (κ3) is 2.71. The summed E-state index contributed by atoms with van der Waals surface area (Å²) in [6, 6.07) is -0.538. The summed E-state index contributed by atoms with van der Waals surface area (Å²) in [6.07, 6.45) is -0.0636. The van der Waals surface area contributed by atoms with E-state index in [-0.39, 0.29) is 18.4 Å². The van der Waals surface area contributed by atoms with Crippen LogP contribution in [0.1, 0.15) is 34.1 Å². The molecule has 0 bridgehead atoms. The van der Waals surface area contributed by atoms with E-state index < -0.39 is 23.3 Å². The van der Waals surface area contributed by atoms with Gasteiger partial charge < -0.3 is 20.3 Å². The molecular weight excluding hydrogens is 262 g/mol. The Kier molecular flexibility index (Phi) is 3.39. The Morgan fingerprint density at radius 3 is 2.65 bits per heavy atom. The summed E-state index contributed by atoms with van der Waals surface area (Å²) >= 11 is 0. The van der Waals surface area contributed by atoms with E-state index >= 15 is 0 Å². The first-order valence-electron chi connectivity index (χ1n) is 6.74. The molecule has 2 N–H and O–H groups in total. The normalized spacial score (nSPS) is 30.2. The minimum atomic E-state index is -1.01. The van der Waals surface area contributed by atoms with Crippen LogP contribution in [0.4, 0.5) is 4.79 Å². The van der Waals surface area contributed by atoms with Gasteiger partial charge in [0.15, 0.2) is 0 Å². The van der Waals surface area contributed by atoms with Crippen LogP contribution in [0.15, 0.2) is 0 Å². The Hall–Kier alpha value is -1.79. The second kappa shape index (κ2) is 4.64. The van der Waals surface area contributed by atoms with E-state index in [2.05, 4.69) is 10.6 Å². The number of amides is 3. The van der Waals surface area contributed by atoms with Crippen LogP contribution in [-0.4, -0.2) is 53.1 Å². The number of carbonyl (C=O) groups is 3. The maximum atomic E-state index is 12.1. The summed E-state index contributed by atoms with van der Waals surface area (Å²) in [6.45, 7) is 7.51. The van der Waals surface area contributed by atoms with E-state index in [1.54, 1.807) is 27.7 Å². The quantitative estimate of drug-likeness (QED) is 0.655. The maximum absolute atomic E-state index is 12.1. The summed E-state index contributed by atoms with van der Waals surface area (Å²) in [5.41, 5.74) is -1.60. The van der Waals surface area contributed by atoms with Crippen LogP contribution in [0.3, 0.4) is 0 Å². The molecule has 2 heterocycles. The van der Waals surface area contributed by atoms with Crippen molar-refractivity contribution in [1.29, 1.82) is 0 Å². The van der Waals surface area contributed by atoms with Gasteiger partial charge in [0, 0.05) is 6.54 Å². The Morgan fingerprint density at radius 2 is 2.05 bits per heavy atom. The van der Waals surface area contributed by atoms with Crippen molar-refractivity contribution < 1.29 is 19.1 Å². The molecule has 7 heteroatoms. The highest BCUT2D eigenvalue weighted by atomic mass is 16.6. The number of carbonyl (C=O) groups excluding carboxylic acids is 3. The molecule has 7 nitrogen and oxygen atoms in total. The lowest BCUT2D eigenvalue weighted by Gasteiger charge is -2.36. The molecule has 20 heavy (non-hydrogen) atoms. The molecule has 2 atom stereocenters. The monoisotopic (exact) mass is 283 g/mol. The number of likely N-dealkylation sites (tertiary alicyclic amines) is 1. The van der Waals surface area contributed by atoms with Gasteiger partial charge in [-0.2, -0.15) is 0 Å². The smallest absolute Gasteiger partial charge is 0.410 e. The van der Waals surface area contributed by atoms with E-state index in [4.69, 9.17) is 4.74 Å². The van der Waals surface area contributed by atoms with Crippen LogP contribution in [0.5, 0.6) is 0 Å². The first-order valence-corrected chi connectivity index (χ1v) is 6.74. The lowest BCUT2D eigenvalue weighted by molar-refractivity contribution is -0.140. The number of piperazine rings is 1. The fourth-order valence-corrected chi connectivity index (χ4v) is 2.38. The van der Waals surface area contributed by atoms with E-state index in [1.807, 2.05) is 0 Å². The summed E-state index contributed by atoms with van der Waals surface area (Å²) < 4.78 is 5.28. The molecule has 2 saturated heterocycles. The molecule has 1 unspecified atom stereocenters. The summed E-state index contributed by atoms with van der Waals surface area (Å²) in [5.74, 6) is -0.466. The molecule has 0 aliphatic carbocycles. The Labute approximate surface area is 118 Å². The molecule has 2 aliphatic rings. The molecule has 2 fully saturated rings. The van der Waals surface area contributed by atoms with Crippen LogP contribution >= 0.6 is 0 Å². The Morgan fingerprint density at radius 1 is 1.40 bits per heavy atom. The van der Waals surface area contributed by atoms with Gasteiger partial charge >= 0.3 is 6.09 Å². The van der Waals surface area contributed by atoms with Crippen molar-refractivity contribution in [3.8, 4) is 0 Å². The summed E-state index contributed by atoms with van der Waals surface area (Å²) in [4.78, 5) is 37.3. The molecule has 2 rings (SSSR count). The van der Waals surface area contributed by atoms with Gasteiger partial charge in [0.1, 0.15) is 17.2 Å². The molecule has 0 saturated carbocycles. The summed E-state index contributed by atoms with van der Waals surface area (Å²) in [5, 5.41) is 5.38. The number of ether oxygens (including phenoxy) is 1. The molecule has 3 amide bonds. The van der Waals surface area contributed by atoms with Crippen LogP contribution in [-0.2, 0) is 14.3 Å². The standard InChI is InChI=1S/C13H21N3O4/c1-8-9(17)15-13(10(18)14-8)5-6-16(7-13)11(19)20-12(2,3)4/h8H,5-7H2,1-4H3,(H,14,18)(H,15,17)/t8-,13?/m1/s1. The van der Waals surface area contributed by atoms with E-state index in [9.17, 15) is 14.4 Å². The predicted molar refractivity (Wildman–Crippen MR) is 70.9 cm³/mol. The van der Waals surface area contributed by atoms with Gasteiger partial charge in [-0.1, -0.05) is 0 Å². The summed E-state index contributed by atoms with van der Waals surface area (Å²) in [7, 11) is 0. The lowest BCUT2D eigenvalue weighted by atomic mass is 9.93. The van der Waals surface area contributed by atoms with Gasteiger partial charge in [-0.3, -0.25) is 9.59 Å². The van der Waals surface area contributed by atoms with Crippen molar-refractivity contribution >= 4 is 17.9 Å². The van der Waals surface area contributed by atoms with Gasteiger partial charge in [-0.15, -0.1) is 0 Å². The zero-order chi connectivity index (χ0) is 15.1. The zero-order valence-corrected chi connectivity index (χ0v) is 12.3. The van der Waals surface area contributed by atoms with Crippen LogP contribution in [0.25, 0.3) is 0 Å². The second-order valence-corrected chi connectivity index (χ2v) is 6.42. The molecule has 0 aromatic carbocycles. The molecule has 0 aromatic rings. The van der Waals surface area contributed by atoms with Gasteiger partial charge in [-0.05, 0) is 34.1 Å². The third-order valence-corrected chi connectivity index (χ3v) is 3.46. The minimum Gasteiger partial charge on any atom is -0.444 e. The fourth-order valence-electron chi connectivity index (χ4n) is 2.38. The maximum Gasteiger partial charge on any atom is 0.410 e. The Balaban J connectivity index is 2.06. The number of nitrogens with one attached hydrogen (secondary N) is 2. The van der Waals surface area contributed by atoms with Crippen LogP contribution in [0.2, 0.25) is 0 Å². The molecule has 0 aromatic heterocycles. The van der Waals surface area contributed by atoms with Crippen molar-refractivity contribution in [3.05, 3.63) is 0 Å². The number of hydrogen-bond donors (Lipinski definition) is 2. The SMILES string of the molecule is C[C@H]1NC(=O)C2(CCN(C(=O)OC(C)(C)C)C2)NC1=O. The van der Waals surface area contributed by atoms with Crippen molar-refractivity contribution in [3.63, 3.8) is 0 Å². The zero-order valence-electron chi connectivity index (χ0n) is 12.3. The van der Waals surface area contributed by atoms with Gasteiger partial charge in [-0.25, -0.2) is 4.79 Å². The molecular formula is C13H21N3O4. The van der Waals surface area contributed by atoms with Gasteiger partial charge in [0.2, 0.25) is 11.8 Å². The van der Waals surface area contributed by atoms with Crippen molar-refractivity contribution in [2.75, 3.05) is 13.1 Å². The largest absolute Gasteiger partial charge is 0.444 e. The van der Waals surface area contributed by atoms with Gasteiger partial charge in [0.05, 0.1) is 6.54 Å². The molecule has 112 valence electrons. The van der Waals surface area contributed by atoms with Gasteiger partial charge in [0.25, 0.3) is 0 Å². The average Bonchev–Trinajstić information content (AvgIpc) is 2.70. The third-order valence-electron chi connectivity index (χ3n) is 3.46. The van der Waals surface area contributed by atoms with E-state index in [0.29, 0.717) is 13.0 Å². The minimum absolute atomic E-state index is 0.145. The number of rotatable bonds is 0. The highest BCUT2D eigenvalue weighted by molar-refractivity contribution is 6.00. The van der Waals surface area contributed by atoms with Crippen LogP contribution < -0.4 is 10.6 Å². The van der Waals surface area contributed by atoms with E-state index in [0.717, 1.165) is 0 Å². The second-order valence-electron chi connectivity index (χ2n) is 6.42. The van der Waals surface area contributed by atoms with Crippen molar-refractivity contribution in [2.45, 2.75) is 51.3 Å². The first-order chi connectivity index (χ1) is 9.13. The van der Waals surface area contributed by atoms with Crippen molar-refractivity contribution in [2.24, 2.45) is 0 Å². The highest BCUT2D eigenvalue weighted by Gasteiger charge is 2.51. The average molecular weight is 283 g/mol. The molecule has 1 spiro atoms. The molecule has 0 radical (unpaired) electrons. The first kappa shape index (κ1) is 14.6. The predicted octanol–water partition coefficient (Wildman–Crippen LogP) is 0.000500. The fraction of sp³-hybridized carbons (Fsp3) is 0.769.